The van der Waals surface area contributed by atoms with Crippen molar-refractivity contribution in [1.82, 2.24) is 0 Å². The molecule has 0 radical (unpaired) electrons. The summed E-state index contributed by atoms with van der Waals surface area (Å²) < 4.78 is 0. The lowest BCUT2D eigenvalue weighted by Gasteiger charge is -2.38. The van der Waals surface area contributed by atoms with E-state index in [0.717, 1.165) is 19.3 Å². The van der Waals surface area contributed by atoms with E-state index in [4.69, 9.17) is 0 Å². The largest absolute Gasteiger partial charge is 0.303 e. The lowest BCUT2D eigenvalue weighted by Crippen LogP contribution is -2.35. The van der Waals surface area contributed by atoms with Gasteiger partial charge in [0.25, 0.3) is 0 Å². The Kier molecular flexibility index (Phi) is 3.52. The van der Waals surface area contributed by atoms with Crippen molar-refractivity contribution in [2.45, 2.75) is 47.0 Å². The van der Waals surface area contributed by atoms with Gasteiger partial charge in [0.05, 0.1) is 0 Å². The molecule has 2 atom stereocenters. The van der Waals surface area contributed by atoms with Crippen molar-refractivity contribution in [2.75, 3.05) is 0 Å². The lowest BCUT2D eigenvalue weighted by atomic mass is 9.65. The average Bonchev–Trinajstić information content (AvgIpc) is 2.18. The highest BCUT2D eigenvalue weighted by Gasteiger charge is 2.37. The zero-order chi connectivity index (χ0) is 10.8. The highest BCUT2D eigenvalue weighted by molar-refractivity contribution is 5.61. The summed E-state index contributed by atoms with van der Waals surface area (Å²) in [4.78, 5) is 11.3. The van der Waals surface area contributed by atoms with Gasteiger partial charge in [-0.2, -0.15) is 0 Å². The smallest absolute Gasteiger partial charge is 0.126 e. The van der Waals surface area contributed by atoms with E-state index in [0.29, 0.717) is 11.8 Å². The predicted molar refractivity (Wildman–Crippen MR) is 60.1 cm³/mol. The van der Waals surface area contributed by atoms with E-state index in [1.165, 1.54) is 11.9 Å². The Morgan fingerprint density at radius 2 is 2.07 bits per heavy atom. The van der Waals surface area contributed by atoms with Crippen molar-refractivity contribution in [3.05, 3.63) is 11.6 Å². The molecule has 0 saturated heterocycles. The number of hydrogen-bond donors (Lipinski definition) is 0. The summed E-state index contributed by atoms with van der Waals surface area (Å²) in [7, 11) is 0. The zero-order valence-electron chi connectivity index (χ0n) is 9.84. The highest BCUT2D eigenvalue weighted by atomic mass is 16.1. The number of allylic oxidation sites excluding steroid dienone is 2. The molecule has 1 aliphatic carbocycles. The number of carbonyl (C=O) groups excluding carboxylic acids is 1. The van der Waals surface area contributed by atoms with Gasteiger partial charge in [-0.15, -0.1) is 0 Å². The minimum atomic E-state index is -0.0757. The summed E-state index contributed by atoms with van der Waals surface area (Å²) in [5.74, 6) is 1.08. The van der Waals surface area contributed by atoms with Gasteiger partial charge < -0.3 is 4.79 Å². The van der Waals surface area contributed by atoms with Gasteiger partial charge in [0, 0.05) is 5.41 Å². The van der Waals surface area contributed by atoms with Crippen molar-refractivity contribution in [2.24, 2.45) is 17.3 Å². The van der Waals surface area contributed by atoms with Crippen LogP contribution in [0.2, 0.25) is 0 Å². The molecule has 0 N–H and O–H groups in total. The molecular weight excluding hydrogens is 172 g/mol. The fourth-order valence-corrected chi connectivity index (χ4v) is 2.29. The summed E-state index contributed by atoms with van der Waals surface area (Å²) in [6, 6.07) is 0. The first-order chi connectivity index (χ1) is 6.52. The molecule has 1 aliphatic rings. The normalized spacial score (nSPS) is 29.9. The van der Waals surface area contributed by atoms with Crippen LogP contribution in [0.5, 0.6) is 0 Å². The Bertz CT molecular complexity index is 240. The molecular formula is C13H22O. The Balaban J connectivity index is 2.83. The Morgan fingerprint density at radius 1 is 1.43 bits per heavy atom. The van der Waals surface area contributed by atoms with Gasteiger partial charge in [-0.1, -0.05) is 32.4 Å². The van der Waals surface area contributed by atoms with E-state index in [1.807, 2.05) is 0 Å². The Morgan fingerprint density at radius 3 is 2.43 bits per heavy atom. The second-order valence-electron chi connectivity index (χ2n) is 5.14. The number of hydrogen-bond acceptors (Lipinski definition) is 1. The topological polar surface area (TPSA) is 17.1 Å². The molecule has 0 saturated carbocycles. The van der Waals surface area contributed by atoms with E-state index < -0.39 is 0 Å². The van der Waals surface area contributed by atoms with Crippen LogP contribution in [0.25, 0.3) is 0 Å². The van der Waals surface area contributed by atoms with Crippen molar-refractivity contribution < 1.29 is 4.79 Å². The van der Waals surface area contributed by atoms with Gasteiger partial charge in [0.1, 0.15) is 6.29 Å². The Hall–Kier alpha value is -0.590. The molecule has 0 spiro atoms. The van der Waals surface area contributed by atoms with Crippen LogP contribution >= 0.6 is 0 Å². The monoisotopic (exact) mass is 194 g/mol. The summed E-state index contributed by atoms with van der Waals surface area (Å²) in [5.41, 5.74) is 1.37. The molecule has 0 aromatic carbocycles. The molecule has 2 unspecified atom stereocenters. The second-order valence-corrected chi connectivity index (χ2v) is 5.14. The third-order valence-electron chi connectivity index (χ3n) is 3.96. The molecule has 0 aromatic rings. The van der Waals surface area contributed by atoms with Gasteiger partial charge in [0.2, 0.25) is 0 Å². The predicted octanol–water partition coefficient (Wildman–Crippen LogP) is 3.59. The summed E-state index contributed by atoms with van der Waals surface area (Å²) >= 11 is 0. The number of aldehydes is 1. The maximum absolute atomic E-state index is 11.3. The van der Waals surface area contributed by atoms with Crippen molar-refractivity contribution in [3.8, 4) is 0 Å². The van der Waals surface area contributed by atoms with Crippen LogP contribution in [0.4, 0.5) is 0 Å². The summed E-state index contributed by atoms with van der Waals surface area (Å²) in [6.07, 6.45) is 6.53. The minimum Gasteiger partial charge on any atom is -0.303 e. The third-order valence-corrected chi connectivity index (χ3v) is 3.96. The van der Waals surface area contributed by atoms with Crippen LogP contribution in [-0.2, 0) is 4.79 Å². The molecule has 0 amide bonds. The molecule has 14 heavy (non-hydrogen) atoms. The fourth-order valence-electron chi connectivity index (χ4n) is 2.29. The maximum Gasteiger partial charge on any atom is 0.126 e. The van der Waals surface area contributed by atoms with Crippen LogP contribution in [-0.4, -0.2) is 6.29 Å². The van der Waals surface area contributed by atoms with Crippen LogP contribution < -0.4 is 0 Å². The molecule has 0 fully saturated rings. The lowest BCUT2D eigenvalue weighted by molar-refractivity contribution is -0.120. The number of rotatable bonds is 3. The highest BCUT2D eigenvalue weighted by Crippen LogP contribution is 2.42. The molecule has 0 heterocycles. The fraction of sp³-hybridized carbons (Fsp3) is 0.769. The second kappa shape index (κ2) is 4.29. The average molecular weight is 194 g/mol. The molecule has 1 rings (SSSR count). The molecule has 0 aliphatic heterocycles. The van der Waals surface area contributed by atoms with E-state index in [9.17, 15) is 4.79 Å². The minimum absolute atomic E-state index is 0.0757. The third kappa shape index (κ3) is 2.08. The van der Waals surface area contributed by atoms with Gasteiger partial charge in [-0.05, 0) is 38.0 Å². The quantitative estimate of drug-likeness (QED) is 0.495. The first-order valence-electron chi connectivity index (χ1n) is 5.64. The van der Waals surface area contributed by atoms with E-state index in [1.54, 1.807) is 0 Å². The molecule has 0 bridgehead atoms. The van der Waals surface area contributed by atoms with Crippen LogP contribution in [0, 0.1) is 17.3 Å². The van der Waals surface area contributed by atoms with E-state index in [-0.39, 0.29) is 5.41 Å². The van der Waals surface area contributed by atoms with Gasteiger partial charge in [-0.25, -0.2) is 0 Å². The van der Waals surface area contributed by atoms with Crippen LogP contribution in [0.1, 0.15) is 47.0 Å². The zero-order valence-corrected chi connectivity index (χ0v) is 9.84. The van der Waals surface area contributed by atoms with Crippen LogP contribution in [0.15, 0.2) is 11.6 Å². The van der Waals surface area contributed by atoms with E-state index >= 15 is 0 Å². The van der Waals surface area contributed by atoms with Gasteiger partial charge >= 0.3 is 0 Å². The molecule has 1 heteroatoms. The molecule has 80 valence electrons. The standard InChI is InChI=1S/C13H22O/c1-10(2)12(4)13(9-14)7-5-11(3)6-8-13/h5,9-10,12H,6-8H2,1-4H3. The first kappa shape index (κ1) is 11.5. The summed E-state index contributed by atoms with van der Waals surface area (Å²) in [5, 5.41) is 0. The van der Waals surface area contributed by atoms with Crippen molar-refractivity contribution >= 4 is 6.29 Å². The molecule has 1 nitrogen and oxygen atoms in total. The van der Waals surface area contributed by atoms with E-state index in [2.05, 4.69) is 33.8 Å². The van der Waals surface area contributed by atoms with Gasteiger partial charge in [0.15, 0.2) is 0 Å². The van der Waals surface area contributed by atoms with Crippen molar-refractivity contribution in [1.29, 1.82) is 0 Å². The molecule has 0 aromatic heterocycles. The van der Waals surface area contributed by atoms with Gasteiger partial charge in [-0.3, -0.25) is 0 Å². The Labute approximate surface area is 87.6 Å². The first-order valence-corrected chi connectivity index (χ1v) is 5.64. The SMILES string of the molecule is CC1=CCC(C=O)(C(C)C(C)C)CC1. The summed E-state index contributed by atoms with van der Waals surface area (Å²) in [6.45, 7) is 8.80. The van der Waals surface area contributed by atoms with Crippen LogP contribution in [0.3, 0.4) is 0 Å². The maximum atomic E-state index is 11.3. The van der Waals surface area contributed by atoms with Crippen molar-refractivity contribution in [3.63, 3.8) is 0 Å². The number of carbonyl (C=O) groups is 1.